The molecule has 0 saturated heterocycles. The molecule has 114 valence electrons. The number of hydrogen-bond donors (Lipinski definition) is 4. The van der Waals surface area contributed by atoms with Gasteiger partial charge in [-0.2, -0.15) is 0 Å². The van der Waals surface area contributed by atoms with Crippen LogP contribution in [-0.2, 0) is 4.79 Å². The second-order valence-corrected chi connectivity index (χ2v) is 5.85. The number of carboxylic acid groups (broad SMARTS) is 1. The van der Waals surface area contributed by atoms with Gasteiger partial charge in [-0.1, -0.05) is 19.8 Å². The Morgan fingerprint density at radius 3 is 2.71 bits per heavy atom. The molecule has 0 heterocycles. The first-order valence-electron chi connectivity index (χ1n) is 6.98. The zero-order valence-electron chi connectivity index (χ0n) is 11.9. The van der Waals surface area contributed by atoms with E-state index in [1.54, 1.807) is 0 Å². The number of hydrogen-bond acceptors (Lipinski definition) is 4. The van der Waals surface area contributed by atoms with Crippen molar-refractivity contribution < 1.29 is 19.8 Å². The number of aromatic carboxylic acids is 1. The molecule has 1 aliphatic carbocycles. The van der Waals surface area contributed by atoms with Crippen LogP contribution >= 0.6 is 0 Å². The molecule has 1 aromatic rings. The van der Waals surface area contributed by atoms with Gasteiger partial charge in [-0.3, -0.25) is 4.79 Å². The van der Waals surface area contributed by atoms with Crippen molar-refractivity contribution in [2.24, 2.45) is 11.7 Å². The van der Waals surface area contributed by atoms with Crippen molar-refractivity contribution in [3.63, 3.8) is 0 Å². The second-order valence-electron chi connectivity index (χ2n) is 5.85. The fourth-order valence-corrected chi connectivity index (χ4v) is 2.84. The Bertz CT molecular complexity index is 573. The first kappa shape index (κ1) is 15.3. The molecule has 0 radical (unpaired) electrons. The van der Waals surface area contributed by atoms with E-state index < -0.39 is 11.5 Å². The maximum Gasteiger partial charge on any atom is 0.339 e. The average Bonchev–Trinajstić information content (AvgIpc) is 2.37. The van der Waals surface area contributed by atoms with Crippen LogP contribution in [-0.4, -0.2) is 27.6 Å². The van der Waals surface area contributed by atoms with E-state index in [9.17, 15) is 14.7 Å². The molecule has 2 rings (SSSR count). The van der Waals surface area contributed by atoms with Crippen molar-refractivity contribution in [2.75, 3.05) is 5.32 Å². The van der Waals surface area contributed by atoms with Gasteiger partial charge in [-0.05, 0) is 30.9 Å². The minimum Gasteiger partial charge on any atom is -0.507 e. The number of carbonyl (C=O) groups is 2. The standard InChI is InChI=1S/C15H20N2O4/c1-9-3-2-6-15(16,8-9)14(21)17-10-4-5-11(13(19)20)12(18)7-10/h4-5,7,9,18H,2-3,6,8,16H2,1H3,(H,17,21)(H,19,20). The minimum absolute atomic E-state index is 0.207. The fraction of sp³-hybridized carbons (Fsp3) is 0.467. The lowest BCUT2D eigenvalue weighted by molar-refractivity contribution is -0.122. The first-order valence-corrected chi connectivity index (χ1v) is 6.98. The third-order valence-electron chi connectivity index (χ3n) is 3.97. The van der Waals surface area contributed by atoms with E-state index in [-0.39, 0.29) is 17.2 Å². The molecule has 6 heteroatoms. The van der Waals surface area contributed by atoms with Gasteiger partial charge in [0.05, 0.1) is 5.54 Å². The maximum absolute atomic E-state index is 12.3. The summed E-state index contributed by atoms with van der Waals surface area (Å²) >= 11 is 0. The number of carboxylic acids is 1. The monoisotopic (exact) mass is 292 g/mol. The summed E-state index contributed by atoms with van der Waals surface area (Å²) in [7, 11) is 0. The van der Waals surface area contributed by atoms with Crippen LogP contribution in [0.2, 0.25) is 0 Å². The van der Waals surface area contributed by atoms with E-state index >= 15 is 0 Å². The molecular formula is C15H20N2O4. The summed E-state index contributed by atoms with van der Waals surface area (Å²) < 4.78 is 0. The Labute approximate surface area is 123 Å². The summed E-state index contributed by atoms with van der Waals surface area (Å²) in [5.41, 5.74) is 5.42. The fourth-order valence-electron chi connectivity index (χ4n) is 2.84. The predicted octanol–water partition coefficient (Wildman–Crippen LogP) is 1.94. The van der Waals surface area contributed by atoms with Crippen molar-refractivity contribution in [1.29, 1.82) is 0 Å². The number of phenols is 1. The van der Waals surface area contributed by atoms with Gasteiger partial charge >= 0.3 is 5.97 Å². The quantitative estimate of drug-likeness (QED) is 0.680. The van der Waals surface area contributed by atoms with E-state index in [1.165, 1.54) is 18.2 Å². The lowest BCUT2D eigenvalue weighted by atomic mass is 9.76. The van der Waals surface area contributed by atoms with Crippen LogP contribution in [0.1, 0.15) is 43.0 Å². The Balaban J connectivity index is 2.12. The Kier molecular flexibility index (Phi) is 4.18. The normalized spacial score (nSPS) is 25.3. The molecule has 21 heavy (non-hydrogen) atoms. The molecular weight excluding hydrogens is 272 g/mol. The molecule has 1 saturated carbocycles. The summed E-state index contributed by atoms with van der Waals surface area (Å²) in [6.07, 6.45) is 3.23. The highest BCUT2D eigenvalue weighted by atomic mass is 16.4. The molecule has 0 aliphatic heterocycles. The van der Waals surface area contributed by atoms with Crippen molar-refractivity contribution in [3.8, 4) is 5.75 Å². The van der Waals surface area contributed by atoms with Crippen molar-refractivity contribution >= 4 is 17.6 Å². The van der Waals surface area contributed by atoms with Gasteiger partial charge < -0.3 is 21.3 Å². The summed E-state index contributed by atoms with van der Waals surface area (Å²) in [4.78, 5) is 23.2. The smallest absolute Gasteiger partial charge is 0.339 e. The molecule has 5 N–H and O–H groups in total. The molecule has 1 aromatic carbocycles. The van der Waals surface area contributed by atoms with Crippen molar-refractivity contribution in [3.05, 3.63) is 23.8 Å². The van der Waals surface area contributed by atoms with Gasteiger partial charge in [0.15, 0.2) is 0 Å². The minimum atomic E-state index is -1.22. The van der Waals surface area contributed by atoms with Gasteiger partial charge in [-0.25, -0.2) is 4.79 Å². The van der Waals surface area contributed by atoms with Crippen molar-refractivity contribution in [2.45, 2.75) is 38.1 Å². The van der Waals surface area contributed by atoms with Gasteiger partial charge in [0.1, 0.15) is 11.3 Å². The van der Waals surface area contributed by atoms with E-state index in [1.807, 2.05) is 0 Å². The van der Waals surface area contributed by atoms with E-state index in [0.717, 1.165) is 12.8 Å². The average molecular weight is 292 g/mol. The van der Waals surface area contributed by atoms with Crippen LogP contribution in [0.5, 0.6) is 5.75 Å². The first-order chi connectivity index (χ1) is 9.82. The van der Waals surface area contributed by atoms with Gasteiger partial charge in [0.2, 0.25) is 5.91 Å². The summed E-state index contributed by atoms with van der Waals surface area (Å²) in [6.45, 7) is 2.07. The zero-order chi connectivity index (χ0) is 15.6. The lowest BCUT2D eigenvalue weighted by Crippen LogP contribution is -2.53. The number of rotatable bonds is 3. The number of anilines is 1. The highest BCUT2D eigenvalue weighted by Gasteiger charge is 2.38. The van der Waals surface area contributed by atoms with Crippen LogP contribution in [0, 0.1) is 5.92 Å². The third-order valence-corrected chi connectivity index (χ3v) is 3.97. The van der Waals surface area contributed by atoms with Crippen LogP contribution in [0.3, 0.4) is 0 Å². The van der Waals surface area contributed by atoms with E-state index in [0.29, 0.717) is 24.4 Å². The van der Waals surface area contributed by atoms with Crippen LogP contribution < -0.4 is 11.1 Å². The lowest BCUT2D eigenvalue weighted by Gasteiger charge is -2.35. The number of nitrogens with two attached hydrogens (primary N) is 1. The summed E-state index contributed by atoms with van der Waals surface area (Å²) in [5.74, 6) is -1.50. The molecule has 0 aromatic heterocycles. The van der Waals surface area contributed by atoms with Crippen LogP contribution in [0.25, 0.3) is 0 Å². The topological polar surface area (TPSA) is 113 Å². The molecule has 1 aliphatic rings. The summed E-state index contributed by atoms with van der Waals surface area (Å²) in [6, 6.07) is 3.91. The summed E-state index contributed by atoms with van der Waals surface area (Å²) in [5, 5.41) is 21.1. The Hall–Kier alpha value is -2.08. The highest BCUT2D eigenvalue weighted by molar-refractivity contribution is 5.99. The van der Waals surface area contributed by atoms with Crippen LogP contribution in [0.15, 0.2) is 18.2 Å². The number of amides is 1. The SMILES string of the molecule is CC1CCCC(N)(C(=O)Nc2ccc(C(=O)O)c(O)c2)C1. The number of nitrogens with one attached hydrogen (secondary N) is 1. The second kappa shape index (κ2) is 5.73. The Morgan fingerprint density at radius 2 is 2.14 bits per heavy atom. The largest absolute Gasteiger partial charge is 0.507 e. The Morgan fingerprint density at radius 1 is 1.43 bits per heavy atom. The number of benzene rings is 1. The van der Waals surface area contributed by atoms with Crippen LogP contribution in [0.4, 0.5) is 5.69 Å². The van der Waals surface area contributed by atoms with E-state index in [4.69, 9.17) is 10.8 Å². The number of aromatic hydroxyl groups is 1. The van der Waals surface area contributed by atoms with Gasteiger partial charge in [0, 0.05) is 11.8 Å². The molecule has 6 nitrogen and oxygen atoms in total. The molecule has 2 unspecified atom stereocenters. The predicted molar refractivity (Wildman–Crippen MR) is 78.2 cm³/mol. The van der Waals surface area contributed by atoms with Crippen molar-refractivity contribution in [1.82, 2.24) is 0 Å². The third kappa shape index (κ3) is 3.33. The molecule has 2 atom stereocenters. The van der Waals surface area contributed by atoms with Gasteiger partial charge in [-0.15, -0.1) is 0 Å². The molecule has 1 amide bonds. The van der Waals surface area contributed by atoms with Gasteiger partial charge in [0.25, 0.3) is 0 Å². The molecule has 0 bridgehead atoms. The zero-order valence-corrected chi connectivity index (χ0v) is 11.9. The molecule has 1 fully saturated rings. The highest BCUT2D eigenvalue weighted by Crippen LogP contribution is 2.31. The maximum atomic E-state index is 12.3. The molecule has 0 spiro atoms. The number of carbonyl (C=O) groups excluding carboxylic acids is 1. The van der Waals surface area contributed by atoms with E-state index in [2.05, 4.69) is 12.2 Å².